The van der Waals surface area contributed by atoms with Crippen LogP contribution in [0, 0.1) is 5.82 Å². The molecule has 2 aliphatic rings. The predicted octanol–water partition coefficient (Wildman–Crippen LogP) is 4.22. The second-order valence-electron chi connectivity index (χ2n) is 7.08. The van der Waals surface area contributed by atoms with E-state index in [0.29, 0.717) is 34.6 Å². The Bertz CT molecular complexity index is 854. The standard InChI is InChI=1S/C15H17FN2O3S.C5H10FN.C2H6/c1-20-9-6-11(16)14-12(7-9)17-13(18-15(14)19)8-22-10-2-4-21-5-3-10;6-5-2-1-3-7-4-5;1-2/h6-7,10H,2-5,8H2,1H3,(H,17,18,19);5,7H,1-4H2;1-2H3. The minimum atomic E-state index is -0.619. The van der Waals surface area contributed by atoms with Gasteiger partial charge in [-0.3, -0.25) is 4.79 Å². The molecule has 3 heterocycles. The highest BCUT2D eigenvalue weighted by Crippen LogP contribution is 2.25. The van der Waals surface area contributed by atoms with E-state index >= 15 is 0 Å². The molecule has 2 saturated heterocycles. The van der Waals surface area contributed by atoms with Gasteiger partial charge in [-0.25, -0.2) is 13.8 Å². The monoisotopic (exact) mass is 457 g/mol. The quantitative estimate of drug-likeness (QED) is 0.716. The molecule has 2 fully saturated rings. The van der Waals surface area contributed by atoms with Gasteiger partial charge in [0.2, 0.25) is 0 Å². The molecule has 4 rings (SSSR count). The molecule has 6 nitrogen and oxygen atoms in total. The molecule has 9 heteroatoms. The molecule has 0 spiro atoms. The fourth-order valence-electron chi connectivity index (χ4n) is 3.28. The van der Waals surface area contributed by atoms with Crippen LogP contribution in [0.1, 0.15) is 45.4 Å². The lowest BCUT2D eigenvalue weighted by atomic mass is 10.1. The van der Waals surface area contributed by atoms with E-state index < -0.39 is 17.5 Å². The van der Waals surface area contributed by atoms with Crippen LogP contribution in [0.25, 0.3) is 10.9 Å². The Morgan fingerprint density at radius 3 is 2.58 bits per heavy atom. The van der Waals surface area contributed by atoms with Crippen molar-refractivity contribution in [3.63, 3.8) is 0 Å². The van der Waals surface area contributed by atoms with E-state index in [1.54, 1.807) is 17.8 Å². The summed E-state index contributed by atoms with van der Waals surface area (Å²) in [5.41, 5.74) is -0.129. The summed E-state index contributed by atoms with van der Waals surface area (Å²) in [5, 5.41) is 3.44. The normalized spacial score (nSPS) is 19.1. The molecule has 0 bridgehead atoms. The molecular weight excluding hydrogens is 424 g/mol. The minimum absolute atomic E-state index is 0.0272. The molecule has 0 aliphatic carbocycles. The van der Waals surface area contributed by atoms with Gasteiger partial charge in [-0.05, 0) is 32.2 Å². The van der Waals surface area contributed by atoms with Gasteiger partial charge in [-0.1, -0.05) is 13.8 Å². The van der Waals surface area contributed by atoms with Crippen molar-refractivity contribution in [2.45, 2.75) is 56.7 Å². The number of thioether (sulfide) groups is 1. The van der Waals surface area contributed by atoms with Crippen molar-refractivity contribution in [3.8, 4) is 5.75 Å². The summed E-state index contributed by atoms with van der Waals surface area (Å²) >= 11 is 1.74. The summed E-state index contributed by atoms with van der Waals surface area (Å²) in [5.74, 6) is 0.883. The van der Waals surface area contributed by atoms with Crippen molar-refractivity contribution in [1.29, 1.82) is 0 Å². The number of aromatic amines is 1. The van der Waals surface area contributed by atoms with Crippen molar-refractivity contribution >= 4 is 22.7 Å². The summed E-state index contributed by atoms with van der Waals surface area (Å²) in [6, 6.07) is 2.77. The van der Waals surface area contributed by atoms with E-state index in [9.17, 15) is 13.6 Å². The first-order valence-corrected chi connectivity index (χ1v) is 11.9. The van der Waals surface area contributed by atoms with E-state index in [1.165, 1.54) is 13.2 Å². The lowest BCUT2D eigenvalue weighted by molar-refractivity contribution is 0.1000. The molecule has 2 N–H and O–H groups in total. The van der Waals surface area contributed by atoms with Crippen LogP contribution in [0.15, 0.2) is 16.9 Å². The van der Waals surface area contributed by atoms with Crippen molar-refractivity contribution in [3.05, 3.63) is 34.1 Å². The van der Waals surface area contributed by atoms with Gasteiger partial charge in [0.05, 0.1) is 18.4 Å². The first kappa shape index (κ1) is 25.5. The smallest absolute Gasteiger partial charge is 0.261 e. The van der Waals surface area contributed by atoms with E-state index in [0.717, 1.165) is 45.4 Å². The number of benzene rings is 1. The Morgan fingerprint density at radius 2 is 2.00 bits per heavy atom. The molecule has 1 aromatic heterocycles. The number of methoxy groups -OCH3 is 1. The summed E-state index contributed by atoms with van der Waals surface area (Å²) in [6.07, 6.45) is 3.19. The van der Waals surface area contributed by atoms with Gasteiger partial charge >= 0.3 is 0 Å². The third-order valence-electron chi connectivity index (χ3n) is 4.88. The number of halogens is 2. The largest absolute Gasteiger partial charge is 0.497 e. The second-order valence-corrected chi connectivity index (χ2v) is 8.37. The SMILES string of the molecule is CC.COc1cc(F)c2c(=O)[nH]c(CSC3CCOCC3)nc2c1.FC1CCCNC1. The van der Waals surface area contributed by atoms with Crippen molar-refractivity contribution in [2.75, 3.05) is 33.4 Å². The third kappa shape index (κ3) is 8.05. The molecule has 0 amide bonds. The molecule has 2 aliphatic heterocycles. The number of piperidine rings is 1. The van der Waals surface area contributed by atoms with Gasteiger partial charge in [0.15, 0.2) is 0 Å². The highest BCUT2D eigenvalue weighted by Gasteiger charge is 2.16. The number of hydrogen-bond donors (Lipinski definition) is 2. The maximum atomic E-state index is 13.9. The van der Waals surface area contributed by atoms with Gasteiger partial charge in [-0.2, -0.15) is 11.8 Å². The van der Waals surface area contributed by atoms with E-state index in [2.05, 4.69) is 15.3 Å². The number of alkyl halides is 1. The van der Waals surface area contributed by atoms with Gasteiger partial charge in [-0.15, -0.1) is 0 Å². The summed E-state index contributed by atoms with van der Waals surface area (Å²) in [4.78, 5) is 19.1. The second kappa shape index (κ2) is 13.6. The highest BCUT2D eigenvalue weighted by molar-refractivity contribution is 7.99. The van der Waals surface area contributed by atoms with Crippen LogP contribution in [0.5, 0.6) is 5.75 Å². The molecule has 31 heavy (non-hydrogen) atoms. The zero-order chi connectivity index (χ0) is 22.6. The van der Waals surface area contributed by atoms with Crippen molar-refractivity contribution < 1.29 is 18.3 Å². The maximum absolute atomic E-state index is 13.9. The molecular formula is C22H33F2N3O3S. The third-order valence-corrected chi connectivity index (χ3v) is 6.26. The highest BCUT2D eigenvalue weighted by atomic mass is 32.2. The molecule has 1 unspecified atom stereocenters. The number of nitrogens with zero attached hydrogens (tertiary/aromatic N) is 1. The molecule has 174 valence electrons. The fraction of sp³-hybridized carbons (Fsp3) is 0.636. The van der Waals surface area contributed by atoms with Crippen molar-refractivity contribution in [2.24, 2.45) is 0 Å². The number of nitrogens with one attached hydrogen (secondary N) is 2. The Morgan fingerprint density at radius 1 is 1.26 bits per heavy atom. The predicted molar refractivity (Wildman–Crippen MR) is 122 cm³/mol. The summed E-state index contributed by atoms with van der Waals surface area (Å²) in [6.45, 7) is 7.13. The number of hydrogen-bond acceptors (Lipinski definition) is 6. The summed E-state index contributed by atoms with van der Waals surface area (Å²) in [7, 11) is 1.45. The van der Waals surface area contributed by atoms with Crippen LogP contribution in [0.3, 0.4) is 0 Å². The number of ether oxygens (including phenoxy) is 2. The first-order valence-electron chi connectivity index (χ1n) is 10.9. The minimum Gasteiger partial charge on any atom is -0.497 e. The zero-order valence-corrected chi connectivity index (χ0v) is 19.3. The van der Waals surface area contributed by atoms with Crippen LogP contribution in [-0.2, 0) is 10.5 Å². The number of rotatable bonds is 4. The van der Waals surface area contributed by atoms with Crippen molar-refractivity contribution in [1.82, 2.24) is 15.3 Å². The molecule has 2 aromatic rings. The molecule has 0 saturated carbocycles. The van der Waals surface area contributed by atoms with Gasteiger partial charge in [0.25, 0.3) is 5.56 Å². The molecule has 1 aromatic carbocycles. The Balaban J connectivity index is 0.000000319. The van der Waals surface area contributed by atoms with E-state index in [4.69, 9.17) is 9.47 Å². The number of H-pyrrole nitrogens is 1. The Labute approximate surface area is 186 Å². The zero-order valence-electron chi connectivity index (χ0n) is 18.5. The Kier molecular flexibility index (Phi) is 11.2. The lowest BCUT2D eigenvalue weighted by Gasteiger charge is -2.21. The van der Waals surface area contributed by atoms with Crippen LogP contribution >= 0.6 is 11.8 Å². The average molecular weight is 458 g/mol. The van der Waals surface area contributed by atoms with Crippen LogP contribution in [0.2, 0.25) is 0 Å². The lowest BCUT2D eigenvalue weighted by Crippen LogP contribution is -2.30. The fourth-order valence-corrected chi connectivity index (χ4v) is 4.34. The number of aromatic nitrogens is 2. The van der Waals surface area contributed by atoms with Crippen LogP contribution in [-0.4, -0.2) is 54.8 Å². The topological polar surface area (TPSA) is 76.2 Å². The first-order chi connectivity index (χ1) is 15.1. The summed E-state index contributed by atoms with van der Waals surface area (Å²) < 4.78 is 36.4. The Hall–Kier alpha value is -1.71. The number of fused-ring (bicyclic) bond motifs is 1. The average Bonchev–Trinajstić information content (AvgIpc) is 2.80. The van der Waals surface area contributed by atoms with Crippen LogP contribution in [0.4, 0.5) is 8.78 Å². The van der Waals surface area contributed by atoms with E-state index in [1.807, 2.05) is 13.8 Å². The molecule has 0 radical (unpaired) electrons. The van der Waals surface area contributed by atoms with Gasteiger partial charge in [0.1, 0.15) is 28.9 Å². The van der Waals surface area contributed by atoms with E-state index in [-0.39, 0.29) is 5.39 Å². The van der Waals surface area contributed by atoms with Gasteiger partial charge < -0.3 is 19.8 Å². The maximum Gasteiger partial charge on any atom is 0.261 e. The molecule has 1 atom stereocenters. The van der Waals surface area contributed by atoms with Gasteiger partial charge in [0, 0.05) is 37.1 Å². The van der Waals surface area contributed by atoms with Crippen LogP contribution < -0.4 is 15.6 Å².